The molecule has 0 N–H and O–H groups in total. The molecule has 1 fully saturated rings. The van der Waals surface area contributed by atoms with E-state index in [0.29, 0.717) is 42.6 Å². The molecule has 144 valence electrons. The van der Waals surface area contributed by atoms with Gasteiger partial charge in [-0.1, -0.05) is 12.1 Å². The van der Waals surface area contributed by atoms with E-state index in [1.165, 1.54) is 4.31 Å². The Balaban J connectivity index is 1.87. The van der Waals surface area contributed by atoms with Crippen LogP contribution in [0, 0.1) is 5.92 Å². The Morgan fingerprint density at radius 3 is 2.59 bits per heavy atom. The first-order chi connectivity index (χ1) is 13.0. The number of para-hydroxylation sites is 1. The van der Waals surface area contributed by atoms with Crippen molar-refractivity contribution in [1.29, 1.82) is 0 Å². The largest absolute Gasteiger partial charge is 0.338 e. The summed E-state index contributed by atoms with van der Waals surface area (Å²) in [7, 11) is -3.63. The first-order valence-electron chi connectivity index (χ1n) is 9.42. The Morgan fingerprint density at radius 2 is 1.93 bits per heavy atom. The van der Waals surface area contributed by atoms with Gasteiger partial charge < -0.3 is 4.90 Å². The number of hydrogen-bond acceptors (Lipinski definition) is 4. The average Bonchev–Trinajstić information content (AvgIpc) is 3.40. The molecule has 0 atom stereocenters. The summed E-state index contributed by atoms with van der Waals surface area (Å²) in [6.07, 6.45) is 3.68. The van der Waals surface area contributed by atoms with Gasteiger partial charge in [-0.2, -0.15) is 4.31 Å². The summed E-state index contributed by atoms with van der Waals surface area (Å²) in [4.78, 5) is 19.3. The molecule has 1 aliphatic carbocycles. The molecule has 27 heavy (non-hydrogen) atoms. The maximum atomic E-state index is 13.3. The Labute approximate surface area is 159 Å². The third kappa shape index (κ3) is 3.06. The monoisotopic (exact) mass is 388 g/mol. The van der Waals surface area contributed by atoms with E-state index in [1.54, 1.807) is 40.1 Å². The predicted molar refractivity (Wildman–Crippen MR) is 101 cm³/mol. The number of fused-ring (bicyclic) bond motifs is 3. The molecule has 4 rings (SSSR count). The molecule has 2 heterocycles. The van der Waals surface area contributed by atoms with Gasteiger partial charge in [0, 0.05) is 19.6 Å². The Bertz CT molecular complexity index is 975. The summed E-state index contributed by atoms with van der Waals surface area (Å²) in [6.45, 7) is 5.67. The van der Waals surface area contributed by atoms with Crippen LogP contribution in [0.25, 0.3) is 5.69 Å². The van der Waals surface area contributed by atoms with Crippen LogP contribution in [0.15, 0.2) is 35.5 Å². The third-order valence-corrected chi connectivity index (χ3v) is 7.21. The number of imidazole rings is 1. The summed E-state index contributed by atoms with van der Waals surface area (Å²) < 4.78 is 29.8. The number of hydrogen-bond donors (Lipinski definition) is 0. The number of benzene rings is 1. The fourth-order valence-corrected chi connectivity index (χ4v) is 5.25. The average molecular weight is 388 g/mol. The second kappa shape index (κ2) is 6.76. The van der Waals surface area contributed by atoms with Gasteiger partial charge in [0.05, 0.1) is 17.9 Å². The number of amides is 1. The summed E-state index contributed by atoms with van der Waals surface area (Å²) >= 11 is 0. The van der Waals surface area contributed by atoms with Crippen LogP contribution in [-0.4, -0.2) is 52.7 Å². The molecular weight excluding hydrogens is 364 g/mol. The molecule has 1 aromatic carbocycles. The Morgan fingerprint density at radius 1 is 1.22 bits per heavy atom. The highest BCUT2D eigenvalue weighted by Gasteiger charge is 2.38. The molecule has 7 nitrogen and oxygen atoms in total. The van der Waals surface area contributed by atoms with Crippen LogP contribution in [0.3, 0.4) is 0 Å². The molecule has 1 aromatic heterocycles. The minimum atomic E-state index is -3.63. The maximum absolute atomic E-state index is 13.3. The molecule has 0 bridgehead atoms. The van der Waals surface area contributed by atoms with Gasteiger partial charge >= 0.3 is 0 Å². The van der Waals surface area contributed by atoms with E-state index in [0.717, 1.165) is 12.8 Å². The molecule has 0 saturated heterocycles. The van der Waals surface area contributed by atoms with Crippen molar-refractivity contribution in [3.8, 4) is 5.69 Å². The fraction of sp³-hybridized carbons (Fsp3) is 0.474. The minimum Gasteiger partial charge on any atom is -0.338 e. The second-order valence-corrected chi connectivity index (χ2v) is 9.00. The lowest BCUT2D eigenvalue weighted by atomic mass is 10.2. The van der Waals surface area contributed by atoms with Crippen molar-refractivity contribution in [1.82, 2.24) is 18.8 Å². The number of carbonyl (C=O) groups excluding carboxylic acids is 1. The summed E-state index contributed by atoms with van der Waals surface area (Å²) in [6, 6.07) is 6.94. The quantitative estimate of drug-likeness (QED) is 0.787. The Hall–Kier alpha value is -2.19. The molecular formula is C19H24N4O3S. The van der Waals surface area contributed by atoms with Crippen LogP contribution in [0.2, 0.25) is 0 Å². The lowest BCUT2D eigenvalue weighted by molar-refractivity contribution is 0.0765. The van der Waals surface area contributed by atoms with E-state index >= 15 is 0 Å². The fourth-order valence-electron chi connectivity index (χ4n) is 3.59. The van der Waals surface area contributed by atoms with Crippen LogP contribution in [0.4, 0.5) is 0 Å². The van der Waals surface area contributed by atoms with Crippen molar-refractivity contribution < 1.29 is 13.2 Å². The van der Waals surface area contributed by atoms with Crippen molar-refractivity contribution in [2.45, 2.75) is 38.1 Å². The van der Waals surface area contributed by atoms with Crippen molar-refractivity contribution in [3.63, 3.8) is 0 Å². The molecule has 0 radical (unpaired) electrons. The lowest BCUT2D eigenvalue weighted by Crippen LogP contribution is -2.34. The molecule has 2 aromatic rings. The molecule has 0 spiro atoms. The minimum absolute atomic E-state index is 0.156. The zero-order valence-electron chi connectivity index (χ0n) is 15.6. The lowest BCUT2D eigenvalue weighted by Gasteiger charge is -2.21. The topological polar surface area (TPSA) is 75.5 Å². The summed E-state index contributed by atoms with van der Waals surface area (Å²) in [5.41, 5.74) is 1.53. The third-order valence-electron chi connectivity index (χ3n) is 5.35. The number of carbonyl (C=O) groups is 1. The van der Waals surface area contributed by atoms with Gasteiger partial charge in [-0.15, -0.1) is 0 Å². The highest BCUT2D eigenvalue weighted by Crippen LogP contribution is 2.36. The van der Waals surface area contributed by atoms with Crippen LogP contribution in [0.5, 0.6) is 0 Å². The molecule has 1 aliphatic heterocycles. The van der Waals surface area contributed by atoms with Gasteiger partial charge in [0.1, 0.15) is 11.2 Å². The van der Waals surface area contributed by atoms with E-state index in [2.05, 4.69) is 4.98 Å². The maximum Gasteiger partial charge on any atom is 0.274 e. The smallest absolute Gasteiger partial charge is 0.274 e. The molecule has 8 heteroatoms. The first kappa shape index (κ1) is 18.2. The van der Waals surface area contributed by atoms with Gasteiger partial charge in [0.25, 0.3) is 5.91 Å². The molecule has 0 unspecified atom stereocenters. The van der Waals surface area contributed by atoms with E-state index in [4.69, 9.17) is 0 Å². The number of aromatic nitrogens is 2. The van der Waals surface area contributed by atoms with Crippen LogP contribution >= 0.6 is 0 Å². The van der Waals surface area contributed by atoms with Gasteiger partial charge in [-0.05, 0) is 44.7 Å². The Kier molecular flexibility index (Phi) is 4.55. The van der Waals surface area contributed by atoms with E-state index < -0.39 is 10.0 Å². The summed E-state index contributed by atoms with van der Waals surface area (Å²) in [5.74, 6) is 0.250. The first-order valence-corrected chi connectivity index (χ1v) is 10.9. The van der Waals surface area contributed by atoms with Gasteiger partial charge in [0.2, 0.25) is 10.0 Å². The predicted octanol–water partition coefficient (Wildman–Crippen LogP) is 2.27. The van der Waals surface area contributed by atoms with E-state index in [9.17, 15) is 13.2 Å². The normalized spacial score (nSPS) is 18.4. The van der Waals surface area contributed by atoms with Gasteiger partial charge in [0.15, 0.2) is 5.69 Å². The van der Waals surface area contributed by atoms with Crippen molar-refractivity contribution in [3.05, 3.63) is 42.0 Å². The van der Waals surface area contributed by atoms with Crippen molar-refractivity contribution in [2.24, 2.45) is 5.92 Å². The number of rotatable bonds is 5. The number of sulfonamides is 1. The van der Waals surface area contributed by atoms with Crippen molar-refractivity contribution in [2.75, 3.05) is 19.6 Å². The summed E-state index contributed by atoms with van der Waals surface area (Å²) in [5, 5.41) is 0. The molecule has 1 saturated carbocycles. The van der Waals surface area contributed by atoms with Crippen molar-refractivity contribution >= 4 is 15.9 Å². The SMILES string of the molecule is CCN(CC)C(=O)c1ncn2c1CN(CC1CC1)S(=O)(=O)c1ccccc1-2. The zero-order valence-corrected chi connectivity index (χ0v) is 16.4. The number of nitrogens with zero attached hydrogens (tertiary/aromatic N) is 4. The second-order valence-electron chi connectivity index (χ2n) is 7.10. The van der Waals surface area contributed by atoms with Gasteiger partial charge in [-0.25, -0.2) is 13.4 Å². The van der Waals surface area contributed by atoms with E-state index in [-0.39, 0.29) is 17.3 Å². The van der Waals surface area contributed by atoms with Crippen LogP contribution in [0.1, 0.15) is 42.9 Å². The highest BCUT2D eigenvalue weighted by atomic mass is 32.2. The molecule has 1 amide bonds. The van der Waals surface area contributed by atoms with Crippen LogP contribution < -0.4 is 0 Å². The van der Waals surface area contributed by atoms with E-state index in [1.807, 2.05) is 13.8 Å². The van der Waals surface area contributed by atoms with Gasteiger partial charge in [-0.3, -0.25) is 9.36 Å². The zero-order chi connectivity index (χ0) is 19.2. The highest BCUT2D eigenvalue weighted by molar-refractivity contribution is 7.89. The van der Waals surface area contributed by atoms with Crippen LogP contribution in [-0.2, 0) is 16.6 Å². The molecule has 2 aliphatic rings. The standard InChI is InChI=1S/C19H24N4O3S/c1-3-21(4-2)19(24)18-16-12-22(11-14-9-10-14)27(25,26)17-8-6-5-7-15(17)23(16)13-20-18/h5-8,13-14H,3-4,9-12H2,1-2H3.